The zero-order valence-corrected chi connectivity index (χ0v) is 14.7. The molecule has 0 bridgehead atoms. The third-order valence-electron chi connectivity index (χ3n) is 3.37. The van der Waals surface area contributed by atoms with Gasteiger partial charge in [-0.05, 0) is 36.1 Å². The summed E-state index contributed by atoms with van der Waals surface area (Å²) >= 11 is 0. The fraction of sp³-hybridized carbons (Fsp3) is 0.333. The maximum Gasteiger partial charge on any atom is 0.264 e. The molecule has 0 atom stereocenters. The number of ether oxygens (including phenoxy) is 2. The first-order valence-electron chi connectivity index (χ1n) is 7.66. The second-order valence-corrected chi connectivity index (χ2v) is 7.03. The summed E-state index contributed by atoms with van der Waals surface area (Å²) in [6, 6.07) is 15.6. The normalized spacial score (nSPS) is 11.2. The lowest BCUT2D eigenvalue weighted by atomic mass is 10.1. The molecule has 0 amide bonds. The van der Waals surface area contributed by atoms with Gasteiger partial charge in [-0.15, -0.1) is 0 Å². The zero-order chi connectivity index (χ0) is 17.4. The molecule has 0 spiro atoms. The quantitative estimate of drug-likeness (QED) is 0.513. The van der Waals surface area contributed by atoms with Gasteiger partial charge in [-0.1, -0.05) is 36.4 Å². The molecule has 24 heavy (non-hydrogen) atoms. The first-order valence-corrected chi connectivity index (χ1v) is 9.47. The minimum absolute atomic E-state index is 0.174. The van der Waals surface area contributed by atoms with Gasteiger partial charge in [0.25, 0.3) is 10.1 Å². The lowest BCUT2D eigenvalue weighted by molar-refractivity contribution is 0.284. The van der Waals surface area contributed by atoms with Crippen LogP contribution in [0.5, 0.6) is 11.5 Å². The van der Waals surface area contributed by atoms with Gasteiger partial charge in [0.15, 0.2) is 11.5 Å². The zero-order valence-electron chi connectivity index (χ0n) is 13.9. The molecule has 130 valence electrons. The van der Waals surface area contributed by atoms with E-state index in [1.807, 2.05) is 48.5 Å². The number of aryl methyl sites for hydroxylation is 1. The highest BCUT2D eigenvalue weighted by Crippen LogP contribution is 2.29. The lowest BCUT2D eigenvalue weighted by Gasteiger charge is -2.12. The van der Waals surface area contributed by atoms with Crippen molar-refractivity contribution in [1.82, 2.24) is 0 Å². The highest BCUT2D eigenvalue weighted by molar-refractivity contribution is 7.85. The summed E-state index contributed by atoms with van der Waals surface area (Å²) in [4.78, 5) is 0. The molecule has 0 aliphatic rings. The Kier molecular flexibility index (Phi) is 6.63. The van der Waals surface area contributed by atoms with Gasteiger partial charge in [0, 0.05) is 0 Å². The van der Waals surface area contributed by atoms with Crippen LogP contribution < -0.4 is 9.47 Å². The Morgan fingerprint density at radius 2 is 1.71 bits per heavy atom. The number of benzene rings is 2. The van der Waals surface area contributed by atoms with Crippen LogP contribution in [0.1, 0.15) is 17.5 Å². The summed E-state index contributed by atoms with van der Waals surface area (Å²) in [6.07, 6.45) is 2.36. The highest BCUT2D eigenvalue weighted by atomic mass is 32.2. The summed E-state index contributed by atoms with van der Waals surface area (Å²) in [6.45, 7) is 0.645. The molecule has 2 aromatic carbocycles. The van der Waals surface area contributed by atoms with Crippen LogP contribution in [-0.4, -0.2) is 28.4 Å². The lowest BCUT2D eigenvalue weighted by Crippen LogP contribution is -2.05. The van der Waals surface area contributed by atoms with Gasteiger partial charge in [-0.2, -0.15) is 8.42 Å². The average Bonchev–Trinajstić information content (AvgIpc) is 2.57. The third-order valence-corrected chi connectivity index (χ3v) is 3.97. The van der Waals surface area contributed by atoms with Crippen molar-refractivity contribution in [2.75, 3.05) is 20.0 Å². The molecule has 5 nitrogen and oxygen atoms in total. The molecule has 0 fully saturated rings. The molecule has 0 aliphatic heterocycles. The van der Waals surface area contributed by atoms with E-state index >= 15 is 0 Å². The highest BCUT2D eigenvalue weighted by Gasteiger charge is 2.07. The SMILES string of the molecule is COc1cc(CCCOS(C)(=O)=O)ccc1OCc1ccccc1. The summed E-state index contributed by atoms with van der Waals surface area (Å²) < 4.78 is 37.8. The van der Waals surface area contributed by atoms with Crippen molar-refractivity contribution in [2.45, 2.75) is 19.4 Å². The molecule has 0 saturated heterocycles. The summed E-state index contributed by atoms with van der Waals surface area (Å²) in [5.74, 6) is 1.34. The Morgan fingerprint density at radius 3 is 2.38 bits per heavy atom. The van der Waals surface area contributed by atoms with Crippen LogP contribution in [0.3, 0.4) is 0 Å². The monoisotopic (exact) mass is 350 g/mol. The van der Waals surface area contributed by atoms with Crippen molar-refractivity contribution >= 4 is 10.1 Å². The van der Waals surface area contributed by atoms with Crippen molar-refractivity contribution in [3.8, 4) is 11.5 Å². The number of rotatable bonds is 9. The molecule has 2 aromatic rings. The van der Waals surface area contributed by atoms with E-state index in [4.69, 9.17) is 13.7 Å². The van der Waals surface area contributed by atoms with Crippen molar-refractivity contribution < 1.29 is 22.1 Å². The maximum absolute atomic E-state index is 10.9. The van der Waals surface area contributed by atoms with E-state index in [9.17, 15) is 8.42 Å². The van der Waals surface area contributed by atoms with E-state index in [-0.39, 0.29) is 6.61 Å². The Morgan fingerprint density at radius 1 is 0.958 bits per heavy atom. The Balaban J connectivity index is 1.92. The largest absolute Gasteiger partial charge is 0.493 e. The molecule has 0 radical (unpaired) electrons. The Labute approximate surface area is 143 Å². The summed E-state index contributed by atoms with van der Waals surface area (Å²) in [7, 11) is -1.78. The van der Waals surface area contributed by atoms with Crippen LogP contribution in [-0.2, 0) is 27.3 Å². The molecule has 0 heterocycles. The van der Waals surface area contributed by atoms with Crippen LogP contribution in [0.15, 0.2) is 48.5 Å². The van der Waals surface area contributed by atoms with E-state index in [1.165, 1.54) is 0 Å². The standard InChI is InChI=1S/C18H22O5S/c1-21-18-13-15(9-6-12-23-24(2,19)20)10-11-17(18)22-14-16-7-4-3-5-8-16/h3-5,7-8,10-11,13H,6,9,12,14H2,1-2H3. The van der Waals surface area contributed by atoms with Crippen molar-refractivity contribution in [1.29, 1.82) is 0 Å². The topological polar surface area (TPSA) is 61.8 Å². The van der Waals surface area contributed by atoms with E-state index in [1.54, 1.807) is 7.11 Å². The number of hydrogen-bond acceptors (Lipinski definition) is 5. The molecule has 6 heteroatoms. The van der Waals surface area contributed by atoms with Crippen LogP contribution in [0.2, 0.25) is 0 Å². The van der Waals surface area contributed by atoms with E-state index in [0.29, 0.717) is 30.9 Å². The van der Waals surface area contributed by atoms with Crippen molar-refractivity contribution in [3.63, 3.8) is 0 Å². The smallest absolute Gasteiger partial charge is 0.264 e. The first-order chi connectivity index (χ1) is 11.5. The number of methoxy groups -OCH3 is 1. The number of hydrogen-bond donors (Lipinski definition) is 0. The molecular formula is C18H22O5S. The van der Waals surface area contributed by atoms with Gasteiger partial charge in [0.1, 0.15) is 6.61 Å². The van der Waals surface area contributed by atoms with E-state index in [0.717, 1.165) is 17.4 Å². The van der Waals surface area contributed by atoms with Crippen LogP contribution in [0.4, 0.5) is 0 Å². The van der Waals surface area contributed by atoms with E-state index < -0.39 is 10.1 Å². The van der Waals surface area contributed by atoms with Gasteiger partial charge in [0.2, 0.25) is 0 Å². The van der Waals surface area contributed by atoms with Crippen molar-refractivity contribution in [3.05, 3.63) is 59.7 Å². The molecular weight excluding hydrogens is 328 g/mol. The van der Waals surface area contributed by atoms with Gasteiger partial charge in [-0.25, -0.2) is 0 Å². The minimum Gasteiger partial charge on any atom is -0.493 e. The summed E-state index contributed by atoms with van der Waals surface area (Å²) in [5.41, 5.74) is 2.12. The second kappa shape index (κ2) is 8.70. The van der Waals surface area contributed by atoms with Gasteiger partial charge in [0.05, 0.1) is 20.0 Å². The molecule has 0 saturated carbocycles. The first kappa shape index (κ1) is 18.3. The predicted molar refractivity (Wildman–Crippen MR) is 92.9 cm³/mol. The average molecular weight is 350 g/mol. The van der Waals surface area contributed by atoms with Crippen LogP contribution in [0.25, 0.3) is 0 Å². The maximum atomic E-state index is 10.9. The fourth-order valence-corrected chi connectivity index (χ4v) is 2.63. The second-order valence-electron chi connectivity index (χ2n) is 5.39. The van der Waals surface area contributed by atoms with Gasteiger partial charge in [-0.3, -0.25) is 4.18 Å². The third kappa shape index (κ3) is 6.22. The molecule has 0 N–H and O–H groups in total. The van der Waals surface area contributed by atoms with Crippen LogP contribution >= 0.6 is 0 Å². The summed E-state index contributed by atoms with van der Waals surface area (Å²) in [5, 5.41) is 0. The molecule has 0 aromatic heterocycles. The molecule has 2 rings (SSSR count). The molecule has 0 unspecified atom stereocenters. The van der Waals surface area contributed by atoms with Crippen LogP contribution in [0, 0.1) is 0 Å². The van der Waals surface area contributed by atoms with E-state index in [2.05, 4.69) is 0 Å². The minimum atomic E-state index is -3.38. The van der Waals surface area contributed by atoms with Gasteiger partial charge >= 0.3 is 0 Å². The predicted octanol–water partition coefficient (Wildman–Crippen LogP) is 3.18. The Hall–Kier alpha value is -2.05. The Bertz CT molecular complexity index is 741. The molecule has 0 aliphatic carbocycles. The van der Waals surface area contributed by atoms with Gasteiger partial charge < -0.3 is 9.47 Å². The van der Waals surface area contributed by atoms with Crippen molar-refractivity contribution in [2.24, 2.45) is 0 Å². The fourth-order valence-electron chi connectivity index (χ4n) is 2.21.